The average Bonchev–Trinajstić information content (AvgIpc) is 2.29. The Morgan fingerprint density at radius 1 is 1.26 bits per heavy atom. The maximum Gasteiger partial charge on any atom is 0.239 e. The molecule has 0 aromatic rings. The van der Waals surface area contributed by atoms with Crippen molar-refractivity contribution in [2.24, 2.45) is 11.7 Å². The van der Waals surface area contributed by atoms with Crippen LogP contribution in [0.4, 0.5) is 0 Å². The molecule has 0 bridgehead atoms. The SMILES string of the molecule is CC(C)C(CNC(=O)C(C)(C)N)N1CCN(C)CC1. The number of nitrogens with one attached hydrogen (secondary N) is 1. The number of nitrogens with two attached hydrogens (primary N) is 1. The monoisotopic (exact) mass is 270 g/mol. The van der Waals surface area contributed by atoms with Gasteiger partial charge in [0.15, 0.2) is 0 Å². The summed E-state index contributed by atoms with van der Waals surface area (Å²) in [5.74, 6) is 0.442. The Morgan fingerprint density at radius 2 is 1.79 bits per heavy atom. The van der Waals surface area contributed by atoms with Crippen LogP contribution in [0.25, 0.3) is 0 Å². The first-order valence-corrected chi connectivity index (χ1v) is 7.21. The third-order valence-electron chi connectivity index (χ3n) is 3.83. The molecule has 0 radical (unpaired) electrons. The molecule has 1 aliphatic rings. The third kappa shape index (κ3) is 5.09. The van der Waals surface area contributed by atoms with E-state index in [9.17, 15) is 4.79 Å². The predicted octanol–water partition coefficient (Wildman–Crippen LogP) is 0.112. The number of carbonyl (C=O) groups is 1. The molecular weight excluding hydrogens is 240 g/mol. The van der Waals surface area contributed by atoms with Crippen LogP contribution in [-0.2, 0) is 4.79 Å². The highest BCUT2D eigenvalue weighted by Crippen LogP contribution is 2.13. The number of likely N-dealkylation sites (N-methyl/N-ethyl adjacent to an activating group) is 1. The number of hydrogen-bond donors (Lipinski definition) is 2. The fourth-order valence-electron chi connectivity index (χ4n) is 2.37. The Labute approximate surface area is 117 Å². The number of nitrogens with zero attached hydrogens (tertiary/aromatic N) is 2. The highest BCUT2D eigenvalue weighted by Gasteiger charge is 2.27. The first-order chi connectivity index (χ1) is 8.71. The van der Waals surface area contributed by atoms with Crippen LogP contribution < -0.4 is 11.1 Å². The summed E-state index contributed by atoms with van der Waals surface area (Å²) in [6.45, 7) is 12.9. The first-order valence-electron chi connectivity index (χ1n) is 7.21. The number of rotatable bonds is 5. The largest absolute Gasteiger partial charge is 0.353 e. The van der Waals surface area contributed by atoms with Crippen LogP contribution >= 0.6 is 0 Å². The molecule has 0 aliphatic carbocycles. The van der Waals surface area contributed by atoms with Crippen LogP contribution in [0.15, 0.2) is 0 Å². The highest BCUT2D eigenvalue weighted by molar-refractivity contribution is 5.85. The van der Waals surface area contributed by atoms with E-state index < -0.39 is 5.54 Å². The van der Waals surface area contributed by atoms with Gasteiger partial charge in [-0.1, -0.05) is 13.8 Å². The van der Waals surface area contributed by atoms with Crippen molar-refractivity contribution in [3.05, 3.63) is 0 Å². The minimum Gasteiger partial charge on any atom is -0.353 e. The zero-order chi connectivity index (χ0) is 14.6. The molecule has 1 atom stereocenters. The number of piperazine rings is 1. The second-order valence-corrected chi connectivity index (χ2v) is 6.58. The predicted molar refractivity (Wildman–Crippen MR) is 79.0 cm³/mol. The lowest BCUT2D eigenvalue weighted by Gasteiger charge is -2.40. The fourth-order valence-corrected chi connectivity index (χ4v) is 2.37. The summed E-state index contributed by atoms with van der Waals surface area (Å²) in [6.07, 6.45) is 0. The lowest BCUT2D eigenvalue weighted by atomic mass is 10.0. The summed E-state index contributed by atoms with van der Waals surface area (Å²) in [5.41, 5.74) is 5.00. The summed E-state index contributed by atoms with van der Waals surface area (Å²) < 4.78 is 0. The van der Waals surface area contributed by atoms with E-state index in [0.29, 0.717) is 18.5 Å². The molecule has 0 saturated carbocycles. The van der Waals surface area contributed by atoms with Crippen molar-refractivity contribution in [3.8, 4) is 0 Å². The van der Waals surface area contributed by atoms with Crippen molar-refractivity contribution >= 4 is 5.91 Å². The maximum absolute atomic E-state index is 11.9. The normalized spacial score (nSPS) is 20.6. The Kier molecular flexibility index (Phi) is 5.77. The molecule has 112 valence electrons. The van der Waals surface area contributed by atoms with Crippen molar-refractivity contribution in [3.63, 3.8) is 0 Å². The minimum absolute atomic E-state index is 0.0766. The van der Waals surface area contributed by atoms with Gasteiger partial charge < -0.3 is 16.0 Å². The molecule has 0 aromatic carbocycles. The van der Waals surface area contributed by atoms with E-state index in [2.05, 4.69) is 36.0 Å². The lowest BCUT2D eigenvalue weighted by molar-refractivity contribution is -0.125. The Bertz CT molecular complexity index is 290. The summed E-state index contributed by atoms with van der Waals surface area (Å²) in [7, 11) is 2.15. The van der Waals surface area contributed by atoms with Gasteiger partial charge in [0.2, 0.25) is 5.91 Å². The van der Waals surface area contributed by atoms with Crippen LogP contribution in [0, 0.1) is 5.92 Å². The smallest absolute Gasteiger partial charge is 0.239 e. The maximum atomic E-state index is 11.9. The number of amides is 1. The second-order valence-electron chi connectivity index (χ2n) is 6.58. The van der Waals surface area contributed by atoms with Crippen molar-refractivity contribution in [2.75, 3.05) is 39.8 Å². The molecule has 0 aromatic heterocycles. The molecule has 1 rings (SSSR count). The van der Waals surface area contributed by atoms with E-state index in [4.69, 9.17) is 5.73 Å². The molecule has 5 heteroatoms. The first kappa shape index (κ1) is 16.4. The van der Waals surface area contributed by atoms with Gasteiger partial charge in [-0.25, -0.2) is 0 Å². The van der Waals surface area contributed by atoms with Crippen LogP contribution in [0.1, 0.15) is 27.7 Å². The van der Waals surface area contributed by atoms with E-state index in [1.54, 1.807) is 13.8 Å². The minimum atomic E-state index is -0.802. The fraction of sp³-hybridized carbons (Fsp3) is 0.929. The molecule has 0 spiro atoms. The van der Waals surface area contributed by atoms with Gasteiger partial charge in [0, 0.05) is 38.8 Å². The third-order valence-corrected chi connectivity index (χ3v) is 3.83. The molecule has 1 fully saturated rings. The quantitative estimate of drug-likeness (QED) is 0.744. The van der Waals surface area contributed by atoms with E-state index >= 15 is 0 Å². The highest BCUT2D eigenvalue weighted by atomic mass is 16.2. The van der Waals surface area contributed by atoms with Gasteiger partial charge in [0.25, 0.3) is 0 Å². The summed E-state index contributed by atoms with van der Waals surface area (Å²) in [6, 6.07) is 0.389. The molecule has 1 saturated heterocycles. The molecule has 1 unspecified atom stereocenters. The van der Waals surface area contributed by atoms with Gasteiger partial charge in [-0.3, -0.25) is 9.69 Å². The van der Waals surface area contributed by atoms with Crippen LogP contribution in [0.2, 0.25) is 0 Å². The molecule has 19 heavy (non-hydrogen) atoms. The molecule has 3 N–H and O–H groups in total. The van der Waals surface area contributed by atoms with Gasteiger partial charge in [-0.15, -0.1) is 0 Å². The lowest BCUT2D eigenvalue weighted by Crippen LogP contribution is -2.57. The summed E-state index contributed by atoms with van der Waals surface area (Å²) in [5, 5.41) is 2.99. The average molecular weight is 270 g/mol. The van der Waals surface area contributed by atoms with Crippen molar-refractivity contribution in [1.82, 2.24) is 15.1 Å². The van der Waals surface area contributed by atoms with Gasteiger partial charge in [0.1, 0.15) is 0 Å². The summed E-state index contributed by atoms with van der Waals surface area (Å²) in [4.78, 5) is 16.7. The molecule has 1 aliphatic heterocycles. The van der Waals surface area contributed by atoms with Crippen LogP contribution in [0.5, 0.6) is 0 Å². The Morgan fingerprint density at radius 3 is 2.21 bits per heavy atom. The Balaban J connectivity index is 2.52. The zero-order valence-corrected chi connectivity index (χ0v) is 13.1. The Hall–Kier alpha value is -0.650. The standard InChI is InChI=1S/C14H30N4O/c1-11(2)12(10-16-13(19)14(3,4)15)18-8-6-17(5)7-9-18/h11-12H,6-10,15H2,1-5H3,(H,16,19). The topological polar surface area (TPSA) is 61.6 Å². The number of hydrogen-bond acceptors (Lipinski definition) is 4. The molecule has 1 amide bonds. The molecule has 1 heterocycles. The second kappa shape index (κ2) is 6.68. The van der Waals surface area contributed by atoms with E-state index in [1.165, 1.54) is 0 Å². The zero-order valence-electron chi connectivity index (χ0n) is 13.1. The molecular formula is C14H30N4O. The van der Waals surface area contributed by atoms with Crippen LogP contribution in [0.3, 0.4) is 0 Å². The van der Waals surface area contributed by atoms with E-state index in [0.717, 1.165) is 26.2 Å². The van der Waals surface area contributed by atoms with E-state index in [1.807, 2.05) is 0 Å². The van der Waals surface area contributed by atoms with Gasteiger partial charge >= 0.3 is 0 Å². The van der Waals surface area contributed by atoms with Crippen molar-refractivity contribution < 1.29 is 4.79 Å². The van der Waals surface area contributed by atoms with E-state index in [-0.39, 0.29) is 5.91 Å². The van der Waals surface area contributed by atoms with Crippen LogP contribution in [-0.4, -0.2) is 67.1 Å². The van der Waals surface area contributed by atoms with Gasteiger partial charge in [0.05, 0.1) is 5.54 Å². The van der Waals surface area contributed by atoms with Crippen molar-refractivity contribution in [1.29, 1.82) is 0 Å². The van der Waals surface area contributed by atoms with Crippen molar-refractivity contribution in [2.45, 2.75) is 39.3 Å². The van der Waals surface area contributed by atoms with Gasteiger partial charge in [-0.2, -0.15) is 0 Å². The van der Waals surface area contributed by atoms with Gasteiger partial charge in [-0.05, 0) is 26.8 Å². The molecule has 5 nitrogen and oxygen atoms in total. The summed E-state index contributed by atoms with van der Waals surface area (Å²) >= 11 is 0. The number of carbonyl (C=O) groups excluding carboxylic acids is 1.